The second kappa shape index (κ2) is 6.40. The lowest BCUT2D eigenvalue weighted by atomic mass is 9.63. The van der Waals surface area contributed by atoms with Gasteiger partial charge in [-0.3, -0.25) is 9.59 Å². The summed E-state index contributed by atoms with van der Waals surface area (Å²) in [4.78, 5) is 37.2. The highest BCUT2D eigenvalue weighted by Gasteiger charge is 2.67. The lowest BCUT2D eigenvalue weighted by molar-refractivity contribution is -0.140. The maximum Gasteiger partial charge on any atom is 0.337 e. The topological polar surface area (TPSA) is 100 Å². The third-order valence-corrected chi connectivity index (χ3v) is 7.38. The van der Waals surface area contributed by atoms with Crippen LogP contribution in [0.1, 0.15) is 22.5 Å². The van der Waals surface area contributed by atoms with Crippen LogP contribution >= 0.6 is 11.6 Å². The average molecular weight is 437 g/mol. The van der Waals surface area contributed by atoms with Crippen molar-refractivity contribution in [3.8, 4) is 11.3 Å². The van der Waals surface area contributed by atoms with Gasteiger partial charge in [0.1, 0.15) is 11.5 Å². The van der Waals surface area contributed by atoms with Crippen LogP contribution in [0.5, 0.6) is 0 Å². The third-order valence-electron chi connectivity index (χ3n) is 7.05. The van der Waals surface area contributed by atoms with Gasteiger partial charge in [-0.15, -0.1) is 0 Å². The summed E-state index contributed by atoms with van der Waals surface area (Å²) < 4.78 is 5.73. The minimum absolute atomic E-state index is 0.0251. The number of carbonyl (C=O) groups is 3. The van der Waals surface area contributed by atoms with Crippen molar-refractivity contribution in [2.75, 3.05) is 0 Å². The maximum atomic E-state index is 12.9. The van der Waals surface area contributed by atoms with Gasteiger partial charge in [0.05, 0.1) is 28.6 Å². The molecule has 2 saturated carbocycles. The Kier molecular flexibility index (Phi) is 3.84. The SMILES string of the molecule is O=C(O)c1cc(-c2ccc(/C=N\N3C(=O)[C@@H]4[C@@H]5C=C[C@H]([C@H]6C[C@H]56)[C@@H]4C3=O)o2)ccc1Cl. The molecule has 5 aliphatic rings. The van der Waals surface area contributed by atoms with Gasteiger partial charge in [0.2, 0.25) is 0 Å². The number of imide groups is 1. The number of hydrogen-bond acceptors (Lipinski definition) is 5. The molecule has 1 saturated heterocycles. The number of aromatic carboxylic acids is 1. The molecule has 0 unspecified atom stereocenters. The fraction of sp³-hybridized carbons (Fsp3) is 0.304. The van der Waals surface area contributed by atoms with Crippen molar-refractivity contribution in [1.82, 2.24) is 5.01 Å². The Morgan fingerprint density at radius 1 is 1.10 bits per heavy atom. The highest BCUT2D eigenvalue weighted by atomic mass is 35.5. The van der Waals surface area contributed by atoms with Crippen molar-refractivity contribution in [3.63, 3.8) is 0 Å². The predicted molar refractivity (Wildman–Crippen MR) is 110 cm³/mol. The summed E-state index contributed by atoms with van der Waals surface area (Å²) in [6.45, 7) is 0. The normalized spacial score (nSPS) is 32.6. The van der Waals surface area contributed by atoms with E-state index >= 15 is 0 Å². The molecule has 8 heteroatoms. The number of allylic oxidation sites excluding steroid dienone is 2. The van der Waals surface area contributed by atoms with Gasteiger partial charge in [-0.2, -0.15) is 10.1 Å². The van der Waals surface area contributed by atoms with Crippen LogP contribution < -0.4 is 0 Å². The van der Waals surface area contributed by atoms with Crippen molar-refractivity contribution in [3.05, 3.63) is 58.8 Å². The summed E-state index contributed by atoms with van der Waals surface area (Å²) >= 11 is 5.92. The maximum absolute atomic E-state index is 12.9. The van der Waals surface area contributed by atoms with E-state index in [-0.39, 0.29) is 46.1 Å². The lowest BCUT2D eigenvalue weighted by Crippen LogP contribution is -2.40. The van der Waals surface area contributed by atoms with Crippen LogP contribution in [-0.4, -0.2) is 34.1 Å². The Bertz CT molecular complexity index is 1180. The standard InChI is InChI=1S/C23H17ClN2O5/c24-17-5-1-10(7-16(17)23(29)30)18-6-2-11(31-18)9-25-26-21(27)19-12-3-4-13(15-8-14(12)15)20(19)22(26)28/h1-7,9,12-15,19-20H,8H2,(H,29,30)/b25-9-/t12-,13-,14-,15-,19-,20+/m1/s1. The summed E-state index contributed by atoms with van der Waals surface area (Å²) in [7, 11) is 0. The molecule has 4 aliphatic carbocycles. The monoisotopic (exact) mass is 436 g/mol. The highest BCUT2D eigenvalue weighted by Crippen LogP contribution is 2.65. The molecule has 2 heterocycles. The van der Waals surface area contributed by atoms with E-state index in [2.05, 4.69) is 17.3 Å². The summed E-state index contributed by atoms with van der Waals surface area (Å²) in [5.74, 6) is -0.0124. The van der Waals surface area contributed by atoms with Crippen LogP contribution in [0.25, 0.3) is 11.3 Å². The number of amides is 2. The molecule has 2 amide bonds. The quantitative estimate of drug-likeness (QED) is 0.447. The van der Waals surface area contributed by atoms with E-state index in [0.717, 1.165) is 11.4 Å². The van der Waals surface area contributed by atoms with Crippen LogP contribution in [0.3, 0.4) is 0 Å². The molecular weight excluding hydrogens is 420 g/mol. The van der Waals surface area contributed by atoms with E-state index in [1.807, 2.05) is 0 Å². The minimum Gasteiger partial charge on any atom is -0.478 e. The molecule has 7 rings (SSSR count). The molecule has 1 aromatic carbocycles. The molecule has 7 nitrogen and oxygen atoms in total. The van der Waals surface area contributed by atoms with Crippen LogP contribution in [0.15, 0.2) is 52.0 Å². The van der Waals surface area contributed by atoms with Gasteiger partial charge >= 0.3 is 5.97 Å². The first kappa shape index (κ1) is 18.6. The predicted octanol–water partition coefficient (Wildman–Crippen LogP) is 3.69. The number of hydrazone groups is 1. The summed E-state index contributed by atoms with van der Waals surface area (Å²) in [5.41, 5.74) is 0.519. The van der Waals surface area contributed by atoms with Crippen molar-refractivity contribution in [2.24, 2.45) is 40.6 Å². The van der Waals surface area contributed by atoms with Gasteiger partial charge in [-0.25, -0.2) is 4.79 Å². The second-order valence-electron chi connectivity index (χ2n) is 8.59. The Hall–Kier alpha value is -3.19. The van der Waals surface area contributed by atoms with Gasteiger partial charge in [-0.1, -0.05) is 23.8 Å². The first-order valence-corrected chi connectivity index (χ1v) is 10.5. The number of furan rings is 1. The summed E-state index contributed by atoms with van der Waals surface area (Å²) in [6.07, 6.45) is 6.70. The lowest BCUT2D eigenvalue weighted by Gasteiger charge is -2.37. The third kappa shape index (κ3) is 2.66. The zero-order valence-electron chi connectivity index (χ0n) is 16.1. The van der Waals surface area contributed by atoms with E-state index in [9.17, 15) is 19.5 Å². The van der Waals surface area contributed by atoms with Gasteiger partial charge < -0.3 is 9.52 Å². The molecule has 156 valence electrons. The molecule has 1 aromatic heterocycles. The van der Waals surface area contributed by atoms with Gasteiger partial charge in [0.25, 0.3) is 11.8 Å². The first-order chi connectivity index (χ1) is 14.9. The number of rotatable bonds is 4. The van der Waals surface area contributed by atoms with Gasteiger partial charge in [0, 0.05) is 5.56 Å². The first-order valence-electron chi connectivity index (χ1n) is 10.2. The fourth-order valence-electron chi connectivity index (χ4n) is 5.59. The largest absolute Gasteiger partial charge is 0.478 e. The smallest absolute Gasteiger partial charge is 0.337 e. The van der Waals surface area contributed by atoms with Crippen molar-refractivity contribution in [1.29, 1.82) is 0 Å². The second-order valence-corrected chi connectivity index (χ2v) is 9.00. The molecule has 0 radical (unpaired) electrons. The molecular formula is C23H17ClN2O5. The van der Waals surface area contributed by atoms with Crippen LogP contribution in [-0.2, 0) is 9.59 Å². The Labute approximate surface area is 182 Å². The molecule has 1 N–H and O–H groups in total. The molecule has 3 fully saturated rings. The Balaban J connectivity index is 1.24. The molecule has 0 spiro atoms. The molecule has 31 heavy (non-hydrogen) atoms. The number of halogens is 1. The van der Waals surface area contributed by atoms with E-state index in [1.54, 1.807) is 18.2 Å². The Morgan fingerprint density at radius 3 is 2.42 bits per heavy atom. The van der Waals surface area contributed by atoms with E-state index in [4.69, 9.17) is 16.0 Å². The van der Waals surface area contributed by atoms with Crippen LogP contribution in [0.4, 0.5) is 0 Å². The number of nitrogens with zero attached hydrogens (tertiary/aromatic N) is 2. The van der Waals surface area contributed by atoms with E-state index in [1.165, 1.54) is 18.3 Å². The number of hydrogen-bond donors (Lipinski definition) is 1. The number of carboxylic acids is 1. The van der Waals surface area contributed by atoms with E-state index in [0.29, 0.717) is 28.9 Å². The number of carboxylic acid groups (broad SMARTS) is 1. The number of benzene rings is 1. The number of carbonyl (C=O) groups excluding carboxylic acids is 2. The minimum atomic E-state index is -1.13. The fourth-order valence-corrected chi connectivity index (χ4v) is 5.79. The molecule has 2 aromatic rings. The molecule has 1 aliphatic heterocycles. The molecule has 2 bridgehead atoms. The van der Waals surface area contributed by atoms with Gasteiger partial charge in [-0.05, 0) is 60.4 Å². The highest BCUT2D eigenvalue weighted by molar-refractivity contribution is 6.33. The Morgan fingerprint density at radius 2 is 1.77 bits per heavy atom. The summed E-state index contributed by atoms with van der Waals surface area (Å²) in [5, 5.41) is 14.5. The van der Waals surface area contributed by atoms with Crippen molar-refractivity contribution >= 4 is 35.6 Å². The van der Waals surface area contributed by atoms with Crippen molar-refractivity contribution < 1.29 is 23.9 Å². The average Bonchev–Trinajstić information content (AvgIpc) is 3.39. The molecule has 6 atom stereocenters. The van der Waals surface area contributed by atoms with Crippen LogP contribution in [0, 0.1) is 35.5 Å². The van der Waals surface area contributed by atoms with Crippen LogP contribution in [0.2, 0.25) is 5.02 Å². The zero-order chi connectivity index (χ0) is 21.4. The van der Waals surface area contributed by atoms with Crippen molar-refractivity contribution in [2.45, 2.75) is 6.42 Å². The summed E-state index contributed by atoms with van der Waals surface area (Å²) in [6, 6.07) is 7.89. The van der Waals surface area contributed by atoms with Gasteiger partial charge in [0.15, 0.2) is 0 Å². The zero-order valence-corrected chi connectivity index (χ0v) is 16.9. The van der Waals surface area contributed by atoms with E-state index < -0.39 is 5.97 Å².